The molecule has 2 fully saturated rings. The first kappa shape index (κ1) is 20.2. The van der Waals surface area contributed by atoms with E-state index >= 15 is 0 Å². The van der Waals surface area contributed by atoms with Crippen LogP contribution >= 0.6 is 24.0 Å². The summed E-state index contributed by atoms with van der Waals surface area (Å²) in [5.41, 5.74) is 1.13. The minimum absolute atomic E-state index is 0. The molecule has 0 aliphatic carbocycles. The quantitative estimate of drug-likeness (QED) is 0.413. The minimum atomic E-state index is 0. The number of ether oxygens (including phenoxy) is 2. The highest BCUT2D eigenvalue weighted by molar-refractivity contribution is 14.0. The first-order valence-corrected chi connectivity index (χ1v) is 8.56. The highest BCUT2D eigenvalue weighted by Crippen LogP contribution is 2.17. The first-order valence-electron chi connectivity index (χ1n) is 8.56. The van der Waals surface area contributed by atoms with Crippen LogP contribution in [0.4, 0.5) is 0 Å². The summed E-state index contributed by atoms with van der Waals surface area (Å²) < 4.78 is 10.6. The van der Waals surface area contributed by atoms with Crippen LogP contribution in [0, 0.1) is 0 Å². The molecule has 1 atom stereocenters. The van der Waals surface area contributed by atoms with Gasteiger partial charge in [0.2, 0.25) is 5.88 Å². The molecular weight excluding hydrogens is 433 g/mol. The normalized spacial score (nSPS) is 21.8. The summed E-state index contributed by atoms with van der Waals surface area (Å²) >= 11 is 0. The number of aliphatic imine (C=N–C) groups is 1. The minimum Gasteiger partial charge on any atom is -0.481 e. The van der Waals surface area contributed by atoms with E-state index in [2.05, 4.69) is 25.1 Å². The number of rotatable bonds is 4. The SMILES string of the molecule is CN=C(NCc1ccnc(OC)c1)N1CCC(N2CCOCC2)C1.I. The largest absolute Gasteiger partial charge is 0.481 e. The van der Waals surface area contributed by atoms with Crippen molar-refractivity contribution in [2.75, 3.05) is 53.6 Å². The van der Waals surface area contributed by atoms with Gasteiger partial charge >= 0.3 is 0 Å². The van der Waals surface area contributed by atoms with E-state index in [1.54, 1.807) is 13.3 Å². The maximum absolute atomic E-state index is 5.45. The van der Waals surface area contributed by atoms with Crippen LogP contribution in [0.25, 0.3) is 0 Å². The van der Waals surface area contributed by atoms with Gasteiger partial charge in [0.15, 0.2) is 5.96 Å². The van der Waals surface area contributed by atoms with Gasteiger partial charge in [-0.3, -0.25) is 9.89 Å². The van der Waals surface area contributed by atoms with Gasteiger partial charge in [-0.2, -0.15) is 0 Å². The van der Waals surface area contributed by atoms with E-state index in [1.807, 2.05) is 19.2 Å². The molecule has 1 N–H and O–H groups in total. The van der Waals surface area contributed by atoms with Gasteiger partial charge in [-0.25, -0.2) is 4.98 Å². The number of nitrogens with zero attached hydrogens (tertiary/aromatic N) is 4. The van der Waals surface area contributed by atoms with E-state index in [9.17, 15) is 0 Å². The second-order valence-electron chi connectivity index (χ2n) is 6.14. The van der Waals surface area contributed by atoms with Crippen LogP contribution in [0.1, 0.15) is 12.0 Å². The summed E-state index contributed by atoms with van der Waals surface area (Å²) in [6, 6.07) is 4.54. The summed E-state index contributed by atoms with van der Waals surface area (Å²) in [6.45, 7) is 6.58. The zero-order chi connectivity index (χ0) is 16.8. The van der Waals surface area contributed by atoms with E-state index in [0.717, 1.165) is 50.9 Å². The average molecular weight is 461 g/mol. The van der Waals surface area contributed by atoms with Crippen LogP contribution < -0.4 is 10.1 Å². The third-order valence-corrected chi connectivity index (χ3v) is 4.70. The van der Waals surface area contributed by atoms with Gasteiger partial charge in [0.05, 0.1) is 20.3 Å². The van der Waals surface area contributed by atoms with Crippen LogP contribution in [0.15, 0.2) is 23.3 Å². The van der Waals surface area contributed by atoms with E-state index in [1.165, 1.54) is 6.42 Å². The first-order chi connectivity index (χ1) is 11.8. The molecule has 1 aromatic heterocycles. The van der Waals surface area contributed by atoms with Crippen molar-refractivity contribution < 1.29 is 9.47 Å². The Morgan fingerprint density at radius 1 is 1.40 bits per heavy atom. The summed E-state index contributed by atoms with van der Waals surface area (Å²) in [4.78, 5) is 13.5. The van der Waals surface area contributed by atoms with Crippen LogP contribution in [0.5, 0.6) is 5.88 Å². The van der Waals surface area contributed by atoms with E-state index in [4.69, 9.17) is 9.47 Å². The third-order valence-electron chi connectivity index (χ3n) is 4.70. The summed E-state index contributed by atoms with van der Waals surface area (Å²) in [5, 5.41) is 3.45. The fraction of sp³-hybridized carbons (Fsp3) is 0.647. The number of nitrogens with one attached hydrogen (secondary N) is 1. The van der Waals surface area contributed by atoms with E-state index < -0.39 is 0 Å². The summed E-state index contributed by atoms with van der Waals surface area (Å²) in [5.74, 6) is 1.60. The Labute approximate surface area is 166 Å². The Hall–Kier alpha value is -1.13. The van der Waals surface area contributed by atoms with Crippen molar-refractivity contribution in [3.05, 3.63) is 23.9 Å². The summed E-state index contributed by atoms with van der Waals surface area (Å²) in [6.07, 6.45) is 2.95. The lowest BCUT2D eigenvalue weighted by Crippen LogP contribution is -2.46. The van der Waals surface area contributed by atoms with Crippen molar-refractivity contribution in [1.82, 2.24) is 20.1 Å². The number of hydrogen-bond donors (Lipinski definition) is 1. The molecule has 2 aliphatic rings. The van der Waals surface area contributed by atoms with Crippen molar-refractivity contribution in [3.63, 3.8) is 0 Å². The van der Waals surface area contributed by atoms with E-state index in [-0.39, 0.29) is 24.0 Å². The van der Waals surface area contributed by atoms with Crippen molar-refractivity contribution in [1.29, 1.82) is 0 Å². The number of likely N-dealkylation sites (tertiary alicyclic amines) is 1. The standard InChI is InChI=1S/C17H27N5O2.HI/c1-18-17(20-12-14-3-5-19-16(11-14)23-2)22-6-4-15(13-22)21-7-9-24-10-8-21;/h3,5,11,15H,4,6-10,12-13H2,1-2H3,(H,18,20);1H. The molecule has 0 spiro atoms. The molecule has 3 rings (SSSR count). The number of halogens is 1. The van der Waals surface area contributed by atoms with Gasteiger partial charge in [0.1, 0.15) is 0 Å². The molecule has 1 unspecified atom stereocenters. The van der Waals surface area contributed by atoms with Crippen LogP contribution in [0.2, 0.25) is 0 Å². The third kappa shape index (κ3) is 5.42. The Morgan fingerprint density at radius 3 is 2.92 bits per heavy atom. The van der Waals surface area contributed by atoms with Crippen LogP contribution in [-0.4, -0.2) is 80.3 Å². The van der Waals surface area contributed by atoms with Crippen molar-refractivity contribution in [3.8, 4) is 5.88 Å². The van der Waals surface area contributed by atoms with Gasteiger partial charge in [0.25, 0.3) is 0 Å². The van der Waals surface area contributed by atoms with Crippen molar-refractivity contribution in [2.24, 2.45) is 4.99 Å². The Balaban J connectivity index is 0.00000225. The molecule has 3 heterocycles. The smallest absolute Gasteiger partial charge is 0.213 e. The zero-order valence-electron chi connectivity index (χ0n) is 15.0. The van der Waals surface area contributed by atoms with Crippen LogP contribution in [-0.2, 0) is 11.3 Å². The lowest BCUT2D eigenvalue weighted by Gasteiger charge is -2.32. The molecule has 0 aromatic carbocycles. The summed E-state index contributed by atoms with van der Waals surface area (Å²) in [7, 11) is 3.48. The average Bonchev–Trinajstić information content (AvgIpc) is 3.13. The molecule has 0 bridgehead atoms. The molecule has 2 aliphatic heterocycles. The Morgan fingerprint density at radius 2 is 2.20 bits per heavy atom. The fourth-order valence-corrected chi connectivity index (χ4v) is 3.36. The van der Waals surface area contributed by atoms with Gasteiger partial charge in [0, 0.05) is 58.1 Å². The number of hydrogen-bond acceptors (Lipinski definition) is 5. The van der Waals surface area contributed by atoms with Gasteiger partial charge in [-0.1, -0.05) is 0 Å². The maximum Gasteiger partial charge on any atom is 0.213 e. The number of guanidine groups is 1. The van der Waals surface area contributed by atoms with Crippen molar-refractivity contribution in [2.45, 2.75) is 19.0 Å². The molecule has 8 heteroatoms. The van der Waals surface area contributed by atoms with Crippen molar-refractivity contribution >= 4 is 29.9 Å². The predicted molar refractivity (Wildman–Crippen MR) is 109 cm³/mol. The fourth-order valence-electron chi connectivity index (χ4n) is 3.36. The molecule has 25 heavy (non-hydrogen) atoms. The topological polar surface area (TPSA) is 62.2 Å². The maximum atomic E-state index is 5.45. The monoisotopic (exact) mass is 461 g/mol. The molecule has 1 aromatic rings. The highest BCUT2D eigenvalue weighted by Gasteiger charge is 2.30. The predicted octanol–water partition coefficient (Wildman–Crippen LogP) is 1.19. The van der Waals surface area contributed by atoms with Gasteiger partial charge < -0.3 is 19.7 Å². The molecule has 0 amide bonds. The lowest BCUT2D eigenvalue weighted by molar-refractivity contribution is 0.0195. The number of morpholine rings is 1. The highest BCUT2D eigenvalue weighted by atomic mass is 127. The molecular formula is C17H28IN5O2. The lowest BCUT2D eigenvalue weighted by atomic mass is 10.2. The van der Waals surface area contributed by atoms with E-state index in [0.29, 0.717) is 18.5 Å². The molecule has 140 valence electrons. The second kappa shape index (κ2) is 10.1. The number of aromatic nitrogens is 1. The number of pyridine rings is 1. The molecule has 2 saturated heterocycles. The Bertz CT molecular complexity index is 566. The Kier molecular flexibility index (Phi) is 8.17. The molecule has 7 nitrogen and oxygen atoms in total. The number of methoxy groups -OCH3 is 1. The second-order valence-corrected chi connectivity index (χ2v) is 6.14. The van der Waals surface area contributed by atoms with Gasteiger partial charge in [-0.15, -0.1) is 24.0 Å². The van der Waals surface area contributed by atoms with Gasteiger partial charge in [-0.05, 0) is 18.1 Å². The molecule has 0 saturated carbocycles. The van der Waals surface area contributed by atoms with Crippen LogP contribution in [0.3, 0.4) is 0 Å². The molecule has 0 radical (unpaired) electrons. The zero-order valence-corrected chi connectivity index (χ0v) is 17.3.